The SMILES string of the molecule is O=C(NCC1CCCO1)C(=O)NC(Cc1coc2ccccc12)B(O)O. The molecule has 9 heteroatoms. The first kappa shape index (κ1) is 18.4. The van der Waals surface area contributed by atoms with Crippen LogP contribution in [0.1, 0.15) is 18.4 Å². The molecule has 0 aliphatic carbocycles. The van der Waals surface area contributed by atoms with E-state index in [4.69, 9.17) is 9.15 Å². The van der Waals surface area contributed by atoms with E-state index in [1.54, 1.807) is 6.07 Å². The van der Waals surface area contributed by atoms with Crippen LogP contribution in [0.25, 0.3) is 11.0 Å². The number of ether oxygens (including phenoxy) is 1. The van der Waals surface area contributed by atoms with E-state index in [1.165, 1.54) is 6.26 Å². The summed E-state index contributed by atoms with van der Waals surface area (Å²) in [6, 6.07) is 7.29. The molecule has 0 radical (unpaired) electrons. The van der Waals surface area contributed by atoms with E-state index in [-0.39, 0.29) is 19.1 Å². The van der Waals surface area contributed by atoms with Crippen LogP contribution in [0.5, 0.6) is 0 Å². The number of carbonyl (C=O) groups is 2. The van der Waals surface area contributed by atoms with Crippen molar-refractivity contribution in [3.63, 3.8) is 0 Å². The van der Waals surface area contributed by atoms with E-state index in [9.17, 15) is 19.6 Å². The van der Waals surface area contributed by atoms with Crippen LogP contribution < -0.4 is 10.6 Å². The largest absolute Gasteiger partial charge is 0.475 e. The Balaban J connectivity index is 1.58. The van der Waals surface area contributed by atoms with Gasteiger partial charge in [0.05, 0.1) is 18.3 Å². The third-order valence-electron chi connectivity index (χ3n) is 4.40. The molecule has 26 heavy (non-hydrogen) atoms. The van der Waals surface area contributed by atoms with Crippen molar-refractivity contribution in [3.05, 3.63) is 36.1 Å². The summed E-state index contributed by atoms with van der Waals surface area (Å²) >= 11 is 0. The normalized spacial score (nSPS) is 17.8. The molecule has 0 bridgehead atoms. The number of amides is 2. The molecule has 138 valence electrons. The Morgan fingerprint density at radius 2 is 2.08 bits per heavy atom. The van der Waals surface area contributed by atoms with Gasteiger partial charge in [-0.15, -0.1) is 0 Å². The molecule has 2 amide bonds. The van der Waals surface area contributed by atoms with Crippen molar-refractivity contribution in [1.82, 2.24) is 10.6 Å². The smallest absolute Gasteiger partial charge is 0.464 e. The molecule has 1 fully saturated rings. The van der Waals surface area contributed by atoms with Crippen LogP contribution in [-0.2, 0) is 20.7 Å². The lowest BCUT2D eigenvalue weighted by molar-refractivity contribution is -0.139. The molecule has 2 unspecified atom stereocenters. The predicted octanol–water partition coefficient (Wildman–Crippen LogP) is -0.233. The minimum Gasteiger partial charge on any atom is -0.464 e. The highest BCUT2D eigenvalue weighted by Gasteiger charge is 2.29. The topological polar surface area (TPSA) is 121 Å². The molecule has 1 aliphatic heterocycles. The highest BCUT2D eigenvalue weighted by molar-refractivity contribution is 6.45. The van der Waals surface area contributed by atoms with Crippen molar-refractivity contribution in [1.29, 1.82) is 0 Å². The Morgan fingerprint density at radius 3 is 2.81 bits per heavy atom. The van der Waals surface area contributed by atoms with Gasteiger partial charge in [0.1, 0.15) is 5.58 Å². The molecule has 0 spiro atoms. The van der Waals surface area contributed by atoms with Crippen LogP contribution in [0.3, 0.4) is 0 Å². The van der Waals surface area contributed by atoms with Crippen LogP contribution in [0.4, 0.5) is 0 Å². The molecule has 1 aliphatic rings. The Bertz CT molecular complexity index is 771. The van der Waals surface area contributed by atoms with Gasteiger partial charge in [-0.3, -0.25) is 9.59 Å². The van der Waals surface area contributed by atoms with Crippen molar-refractivity contribution in [2.24, 2.45) is 0 Å². The van der Waals surface area contributed by atoms with Crippen LogP contribution in [-0.4, -0.2) is 54.2 Å². The maximum absolute atomic E-state index is 12.0. The number of fused-ring (bicyclic) bond motifs is 1. The first-order valence-electron chi connectivity index (χ1n) is 8.56. The zero-order valence-electron chi connectivity index (χ0n) is 14.2. The second-order valence-corrected chi connectivity index (χ2v) is 6.30. The fourth-order valence-corrected chi connectivity index (χ4v) is 2.98. The highest BCUT2D eigenvalue weighted by Crippen LogP contribution is 2.22. The van der Waals surface area contributed by atoms with Crippen LogP contribution in [0, 0.1) is 0 Å². The Morgan fingerprint density at radius 1 is 1.27 bits per heavy atom. The second-order valence-electron chi connectivity index (χ2n) is 6.30. The second kappa shape index (κ2) is 8.35. The molecule has 2 atom stereocenters. The summed E-state index contributed by atoms with van der Waals surface area (Å²) in [7, 11) is -1.82. The minimum absolute atomic E-state index is 0.0803. The lowest BCUT2D eigenvalue weighted by Crippen LogP contribution is -2.52. The zero-order valence-corrected chi connectivity index (χ0v) is 14.2. The van der Waals surface area contributed by atoms with Crippen molar-refractivity contribution in [2.45, 2.75) is 31.3 Å². The number of hydrogen-bond donors (Lipinski definition) is 4. The zero-order chi connectivity index (χ0) is 18.5. The predicted molar refractivity (Wildman–Crippen MR) is 94.0 cm³/mol. The van der Waals surface area contributed by atoms with Gasteiger partial charge in [0.2, 0.25) is 0 Å². The monoisotopic (exact) mass is 360 g/mol. The summed E-state index contributed by atoms with van der Waals surface area (Å²) in [5.41, 5.74) is 1.37. The third-order valence-corrected chi connectivity index (χ3v) is 4.40. The molecule has 8 nitrogen and oxygen atoms in total. The summed E-state index contributed by atoms with van der Waals surface area (Å²) < 4.78 is 10.8. The Labute approximate surface area is 150 Å². The molecule has 4 N–H and O–H groups in total. The average Bonchev–Trinajstić information content (AvgIpc) is 3.29. The average molecular weight is 360 g/mol. The van der Waals surface area contributed by atoms with Gasteiger partial charge in [0.25, 0.3) is 0 Å². The van der Waals surface area contributed by atoms with Crippen molar-refractivity contribution in [2.75, 3.05) is 13.2 Å². The highest BCUT2D eigenvalue weighted by atomic mass is 16.5. The van der Waals surface area contributed by atoms with Gasteiger partial charge in [0.15, 0.2) is 0 Å². The van der Waals surface area contributed by atoms with E-state index < -0.39 is 24.9 Å². The molecular weight excluding hydrogens is 339 g/mol. The summed E-state index contributed by atoms with van der Waals surface area (Å²) in [5, 5.41) is 24.8. The number of nitrogens with one attached hydrogen (secondary N) is 2. The van der Waals surface area contributed by atoms with E-state index in [0.717, 1.165) is 18.2 Å². The molecule has 1 saturated heterocycles. The fourth-order valence-electron chi connectivity index (χ4n) is 2.98. The summed E-state index contributed by atoms with van der Waals surface area (Å²) in [4.78, 5) is 24.0. The lowest BCUT2D eigenvalue weighted by Gasteiger charge is -2.17. The van der Waals surface area contributed by atoms with Gasteiger partial charge < -0.3 is 29.8 Å². The molecular formula is C17H21BN2O6. The lowest BCUT2D eigenvalue weighted by atomic mass is 9.76. The van der Waals surface area contributed by atoms with E-state index in [0.29, 0.717) is 17.8 Å². The molecule has 3 rings (SSSR count). The standard InChI is InChI=1S/C17H21BN2O6/c21-16(19-9-12-4-3-7-25-12)17(22)20-15(18(23)24)8-11-10-26-14-6-2-1-5-13(11)14/h1-2,5-6,10,12,15,23-24H,3-4,7-9H2,(H,19,21)(H,20,22). The molecule has 1 aromatic heterocycles. The first-order chi connectivity index (χ1) is 12.5. The van der Waals surface area contributed by atoms with Crippen molar-refractivity contribution in [3.8, 4) is 0 Å². The first-order valence-corrected chi connectivity index (χ1v) is 8.56. The molecule has 0 saturated carbocycles. The maximum Gasteiger partial charge on any atom is 0.475 e. The van der Waals surface area contributed by atoms with Gasteiger partial charge in [-0.2, -0.15) is 0 Å². The minimum atomic E-state index is -1.82. The molecule has 1 aromatic carbocycles. The van der Waals surface area contributed by atoms with Crippen molar-refractivity contribution >= 4 is 29.9 Å². The van der Waals surface area contributed by atoms with Gasteiger partial charge in [-0.25, -0.2) is 0 Å². The summed E-state index contributed by atoms with van der Waals surface area (Å²) in [5.74, 6) is -2.80. The number of benzene rings is 1. The van der Waals surface area contributed by atoms with Crippen molar-refractivity contribution < 1.29 is 28.8 Å². The summed E-state index contributed by atoms with van der Waals surface area (Å²) in [6.07, 6.45) is 3.31. The van der Waals surface area contributed by atoms with E-state index >= 15 is 0 Å². The van der Waals surface area contributed by atoms with Gasteiger partial charge in [-0.1, -0.05) is 18.2 Å². The van der Waals surface area contributed by atoms with Gasteiger partial charge >= 0.3 is 18.9 Å². The number of para-hydroxylation sites is 1. The number of furan rings is 1. The van der Waals surface area contributed by atoms with Gasteiger partial charge in [0, 0.05) is 18.5 Å². The number of rotatable bonds is 6. The molecule has 2 heterocycles. The van der Waals surface area contributed by atoms with E-state index in [2.05, 4.69) is 10.6 Å². The maximum atomic E-state index is 12.0. The molecule has 2 aromatic rings. The van der Waals surface area contributed by atoms with E-state index in [1.807, 2.05) is 18.2 Å². The third kappa shape index (κ3) is 4.43. The van der Waals surface area contributed by atoms with Crippen LogP contribution in [0.15, 0.2) is 34.9 Å². The number of carbonyl (C=O) groups excluding carboxylic acids is 2. The van der Waals surface area contributed by atoms with Crippen LogP contribution in [0.2, 0.25) is 0 Å². The summed E-state index contributed by atoms with van der Waals surface area (Å²) in [6.45, 7) is 0.912. The Hall–Kier alpha value is -2.36. The van der Waals surface area contributed by atoms with Gasteiger partial charge in [-0.05, 0) is 30.9 Å². The quantitative estimate of drug-likeness (QED) is 0.417. The van der Waals surface area contributed by atoms with Crippen LogP contribution >= 0.6 is 0 Å². The fraction of sp³-hybridized carbons (Fsp3) is 0.412. The number of hydrogen-bond acceptors (Lipinski definition) is 6. The Kier molecular flexibility index (Phi) is 5.92.